The fourth-order valence-corrected chi connectivity index (χ4v) is 3.64. The highest BCUT2D eigenvalue weighted by Gasteiger charge is 2.55. The van der Waals surface area contributed by atoms with Crippen molar-refractivity contribution >= 4 is 11.8 Å². The van der Waals surface area contributed by atoms with Crippen LogP contribution in [0.2, 0.25) is 0 Å². The number of ether oxygens (including phenoxy) is 1. The van der Waals surface area contributed by atoms with Crippen LogP contribution < -0.4 is 5.32 Å². The molecule has 0 aromatic rings. The van der Waals surface area contributed by atoms with Crippen LogP contribution in [0.15, 0.2) is 0 Å². The molecule has 0 bridgehead atoms. The van der Waals surface area contributed by atoms with E-state index in [0.717, 1.165) is 45.3 Å². The maximum absolute atomic E-state index is 12.7. The first-order chi connectivity index (χ1) is 9.69. The Hall–Kier alpha value is -1.14. The zero-order valence-electron chi connectivity index (χ0n) is 12.1. The fraction of sp³-hybridized carbons (Fsp3) is 0.857. The van der Waals surface area contributed by atoms with Crippen LogP contribution in [0.5, 0.6) is 0 Å². The molecule has 6 nitrogen and oxygen atoms in total. The van der Waals surface area contributed by atoms with Crippen molar-refractivity contribution in [3.05, 3.63) is 0 Å². The van der Waals surface area contributed by atoms with E-state index in [9.17, 15) is 9.59 Å². The SMILES string of the molecule is CNC(=O)C1(N2CCC[C@H]2C(=O)N2CCCC2)COC1. The molecular weight excluding hydrogens is 258 g/mol. The number of hydrogen-bond donors (Lipinski definition) is 1. The number of nitrogens with one attached hydrogen (secondary N) is 1. The van der Waals surface area contributed by atoms with Crippen LogP contribution in [0.1, 0.15) is 25.7 Å². The fourth-order valence-electron chi connectivity index (χ4n) is 3.64. The van der Waals surface area contributed by atoms with Crippen molar-refractivity contribution in [2.45, 2.75) is 37.3 Å². The molecule has 3 aliphatic rings. The lowest BCUT2D eigenvalue weighted by molar-refractivity contribution is -0.175. The van der Waals surface area contributed by atoms with E-state index >= 15 is 0 Å². The maximum atomic E-state index is 12.7. The molecule has 112 valence electrons. The molecule has 3 fully saturated rings. The monoisotopic (exact) mass is 281 g/mol. The average molecular weight is 281 g/mol. The zero-order chi connectivity index (χ0) is 14.2. The molecule has 2 amide bonds. The van der Waals surface area contributed by atoms with Gasteiger partial charge in [0.15, 0.2) is 0 Å². The number of hydrogen-bond acceptors (Lipinski definition) is 4. The normalized spacial score (nSPS) is 29.2. The molecule has 3 heterocycles. The number of carbonyl (C=O) groups excluding carboxylic acids is 2. The lowest BCUT2D eigenvalue weighted by Crippen LogP contribution is -2.71. The number of carbonyl (C=O) groups is 2. The Labute approximate surface area is 119 Å². The van der Waals surface area contributed by atoms with Gasteiger partial charge in [0.1, 0.15) is 5.54 Å². The van der Waals surface area contributed by atoms with Crippen molar-refractivity contribution in [2.75, 3.05) is 39.9 Å². The third-order valence-electron chi connectivity index (χ3n) is 4.84. The quantitative estimate of drug-likeness (QED) is 0.764. The van der Waals surface area contributed by atoms with E-state index in [-0.39, 0.29) is 17.9 Å². The summed E-state index contributed by atoms with van der Waals surface area (Å²) in [6.07, 6.45) is 4.03. The van der Waals surface area contributed by atoms with Crippen LogP contribution in [0.3, 0.4) is 0 Å². The van der Waals surface area contributed by atoms with Gasteiger partial charge >= 0.3 is 0 Å². The van der Waals surface area contributed by atoms with E-state index in [2.05, 4.69) is 10.2 Å². The first kappa shape index (κ1) is 13.8. The molecule has 0 saturated carbocycles. The van der Waals surface area contributed by atoms with E-state index < -0.39 is 5.54 Å². The molecule has 1 N–H and O–H groups in total. The van der Waals surface area contributed by atoms with Gasteiger partial charge in [0.2, 0.25) is 11.8 Å². The largest absolute Gasteiger partial charge is 0.376 e. The highest BCUT2D eigenvalue weighted by molar-refractivity contribution is 5.89. The number of nitrogens with zero attached hydrogens (tertiary/aromatic N) is 2. The molecule has 3 rings (SSSR count). The van der Waals surface area contributed by atoms with Crippen molar-refractivity contribution in [1.29, 1.82) is 0 Å². The molecule has 3 aliphatic heterocycles. The van der Waals surface area contributed by atoms with E-state index in [0.29, 0.717) is 13.2 Å². The molecule has 0 radical (unpaired) electrons. The first-order valence-electron chi connectivity index (χ1n) is 7.54. The standard InChI is InChI=1S/C14H23N3O3/c1-15-13(19)14(9-20-10-14)17-8-4-5-11(17)12(18)16-6-2-3-7-16/h11H,2-10H2,1H3,(H,15,19)/t11-/m0/s1. The van der Waals surface area contributed by atoms with Gasteiger partial charge in [-0.05, 0) is 25.7 Å². The molecule has 1 atom stereocenters. The van der Waals surface area contributed by atoms with Crippen LogP contribution in [0, 0.1) is 0 Å². The molecule has 0 aromatic heterocycles. The minimum Gasteiger partial charge on any atom is -0.376 e. The Morgan fingerprint density at radius 2 is 1.85 bits per heavy atom. The second kappa shape index (κ2) is 5.33. The summed E-state index contributed by atoms with van der Waals surface area (Å²) in [7, 11) is 1.65. The van der Waals surface area contributed by atoms with E-state index in [1.165, 1.54) is 0 Å². The second-order valence-electron chi connectivity index (χ2n) is 5.99. The molecular formula is C14H23N3O3. The van der Waals surface area contributed by atoms with Gasteiger partial charge in [-0.25, -0.2) is 0 Å². The van der Waals surface area contributed by atoms with Crippen molar-refractivity contribution in [2.24, 2.45) is 0 Å². The highest BCUT2D eigenvalue weighted by atomic mass is 16.5. The van der Waals surface area contributed by atoms with Crippen LogP contribution in [0.25, 0.3) is 0 Å². The van der Waals surface area contributed by atoms with Gasteiger partial charge in [-0.15, -0.1) is 0 Å². The summed E-state index contributed by atoms with van der Waals surface area (Å²) in [5.41, 5.74) is -0.620. The van der Waals surface area contributed by atoms with Crippen molar-refractivity contribution < 1.29 is 14.3 Å². The summed E-state index contributed by atoms with van der Waals surface area (Å²) in [6.45, 7) is 3.34. The molecule has 3 saturated heterocycles. The van der Waals surface area contributed by atoms with E-state index in [4.69, 9.17) is 4.74 Å². The Morgan fingerprint density at radius 3 is 2.40 bits per heavy atom. The Bertz CT molecular complexity index is 402. The summed E-state index contributed by atoms with van der Waals surface area (Å²) in [6, 6.07) is -0.144. The van der Waals surface area contributed by atoms with Crippen molar-refractivity contribution in [3.8, 4) is 0 Å². The Kier molecular flexibility index (Phi) is 3.69. The minimum atomic E-state index is -0.620. The van der Waals surface area contributed by atoms with Crippen LogP contribution in [-0.2, 0) is 14.3 Å². The predicted octanol–water partition coefficient (Wildman–Crippen LogP) is -0.412. The molecule has 0 aromatic carbocycles. The van der Waals surface area contributed by atoms with Crippen molar-refractivity contribution in [1.82, 2.24) is 15.1 Å². The minimum absolute atomic E-state index is 0.0233. The van der Waals surface area contributed by atoms with Crippen LogP contribution in [-0.4, -0.2) is 73.1 Å². The van der Waals surface area contributed by atoms with Gasteiger partial charge in [0.05, 0.1) is 19.3 Å². The summed E-state index contributed by atoms with van der Waals surface area (Å²) in [5, 5.41) is 2.73. The second-order valence-corrected chi connectivity index (χ2v) is 5.99. The third-order valence-corrected chi connectivity index (χ3v) is 4.84. The molecule has 6 heteroatoms. The van der Waals surface area contributed by atoms with Crippen molar-refractivity contribution in [3.63, 3.8) is 0 Å². The summed E-state index contributed by atoms with van der Waals surface area (Å²) >= 11 is 0. The van der Waals surface area contributed by atoms with Gasteiger partial charge in [-0.2, -0.15) is 0 Å². The first-order valence-corrected chi connectivity index (χ1v) is 7.54. The van der Waals surface area contributed by atoms with Gasteiger partial charge in [-0.1, -0.05) is 0 Å². The average Bonchev–Trinajstić information content (AvgIpc) is 3.08. The lowest BCUT2D eigenvalue weighted by Gasteiger charge is -2.48. The van der Waals surface area contributed by atoms with Gasteiger partial charge in [0.25, 0.3) is 0 Å². The van der Waals surface area contributed by atoms with Gasteiger partial charge in [0, 0.05) is 26.7 Å². The Balaban J connectivity index is 1.77. The van der Waals surface area contributed by atoms with Crippen LogP contribution in [0.4, 0.5) is 0 Å². The topological polar surface area (TPSA) is 61.9 Å². The zero-order valence-corrected chi connectivity index (χ0v) is 12.1. The smallest absolute Gasteiger partial charge is 0.245 e. The van der Waals surface area contributed by atoms with E-state index in [1.54, 1.807) is 7.05 Å². The lowest BCUT2D eigenvalue weighted by atomic mass is 9.92. The summed E-state index contributed by atoms with van der Waals surface area (Å²) in [4.78, 5) is 29.0. The number of likely N-dealkylation sites (N-methyl/N-ethyl adjacent to an activating group) is 1. The highest BCUT2D eigenvalue weighted by Crippen LogP contribution is 2.34. The predicted molar refractivity (Wildman–Crippen MR) is 73.2 cm³/mol. The molecule has 0 aliphatic carbocycles. The number of rotatable bonds is 3. The third kappa shape index (κ3) is 2.02. The van der Waals surface area contributed by atoms with Gasteiger partial charge < -0.3 is 15.0 Å². The molecule has 0 spiro atoms. The maximum Gasteiger partial charge on any atom is 0.245 e. The number of amides is 2. The number of likely N-dealkylation sites (tertiary alicyclic amines) is 2. The van der Waals surface area contributed by atoms with E-state index in [1.807, 2.05) is 4.90 Å². The summed E-state index contributed by atoms with van der Waals surface area (Å²) < 4.78 is 5.30. The summed E-state index contributed by atoms with van der Waals surface area (Å²) in [5.74, 6) is 0.181. The van der Waals surface area contributed by atoms with Crippen LogP contribution >= 0.6 is 0 Å². The Morgan fingerprint density at radius 1 is 1.15 bits per heavy atom. The van der Waals surface area contributed by atoms with Gasteiger partial charge in [-0.3, -0.25) is 14.5 Å². The molecule has 0 unspecified atom stereocenters. The molecule has 20 heavy (non-hydrogen) atoms.